The Balaban J connectivity index is 1.34. The van der Waals surface area contributed by atoms with Gasteiger partial charge in [0.15, 0.2) is 11.1 Å². The van der Waals surface area contributed by atoms with Crippen molar-refractivity contribution in [1.29, 1.82) is 0 Å². The topological polar surface area (TPSA) is 30.1 Å². The van der Waals surface area contributed by atoms with Crippen LogP contribution in [0.15, 0.2) is 100 Å². The Labute approximate surface area is 224 Å². The third kappa shape index (κ3) is 2.64. The first-order valence-corrected chi connectivity index (χ1v) is 14.2. The zero-order valence-corrected chi connectivity index (χ0v) is 21.7. The van der Waals surface area contributed by atoms with Crippen molar-refractivity contribution >= 4 is 104 Å². The third-order valence-electron chi connectivity index (χ3n) is 7.53. The number of thioether (sulfide) groups is 1. The number of furan rings is 1. The Hall–Kier alpha value is -3.64. The smallest absolute Gasteiger partial charge is 0.157 e. The highest BCUT2D eigenvalue weighted by atomic mass is 35.5. The Bertz CT molecular complexity index is 2240. The molecule has 3 aromatic heterocycles. The van der Waals surface area contributed by atoms with Gasteiger partial charge in [-0.1, -0.05) is 84.0 Å². The summed E-state index contributed by atoms with van der Waals surface area (Å²) in [5, 5.41) is 11.9. The number of rotatable bonds is 1. The van der Waals surface area contributed by atoms with Gasteiger partial charge < -0.3 is 14.3 Å². The highest BCUT2D eigenvalue weighted by Gasteiger charge is 2.30. The van der Waals surface area contributed by atoms with Gasteiger partial charge in [-0.05, 0) is 30.3 Å². The number of anilines is 1. The number of nitrogens with zero attached hydrogens (tertiary/aromatic N) is 1. The molecule has 9 rings (SSSR count). The number of para-hydroxylation sites is 2. The van der Waals surface area contributed by atoms with Crippen LogP contribution in [0.5, 0.6) is 0 Å². The van der Waals surface area contributed by atoms with Crippen LogP contribution < -0.4 is 5.32 Å². The maximum atomic E-state index is 6.49. The van der Waals surface area contributed by atoms with Crippen LogP contribution in [0, 0.1) is 0 Å². The molecule has 0 aliphatic carbocycles. The molecule has 6 heteroatoms. The minimum Gasteiger partial charge on any atom is -0.454 e. The fourth-order valence-electron chi connectivity index (χ4n) is 5.97. The maximum Gasteiger partial charge on any atom is 0.157 e. The van der Waals surface area contributed by atoms with E-state index in [1.165, 1.54) is 46.9 Å². The van der Waals surface area contributed by atoms with Crippen LogP contribution in [0.2, 0.25) is 5.02 Å². The summed E-state index contributed by atoms with van der Waals surface area (Å²) in [7, 11) is 0. The van der Waals surface area contributed by atoms with E-state index >= 15 is 0 Å². The number of hydrogen-bond acceptors (Lipinski definition) is 4. The Morgan fingerprint density at radius 1 is 0.757 bits per heavy atom. The molecule has 3 nitrogen and oxygen atoms in total. The summed E-state index contributed by atoms with van der Waals surface area (Å²) in [6, 6.07) is 32.2. The molecule has 37 heavy (non-hydrogen) atoms. The second kappa shape index (κ2) is 7.23. The molecule has 0 bridgehead atoms. The van der Waals surface area contributed by atoms with E-state index in [1.807, 2.05) is 35.2 Å². The molecule has 5 aromatic carbocycles. The molecule has 0 amide bonds. The van der Waals surface area contributed by atoms with Gasteiger partial charge >= 0.3 is 0 Å². The molecule has 0 spiro atoms. The summed E-state index contributed by atoms with van der Waals surface area (Å²) in [5.74, 6) is 0. The van der Waals surface area contributed by atoms with Crippen LogP contribution in [-0.4, -0.2) is 4.57 Å². The van der Waals surface area contributed by atoms with Gasteiger partial charge in [0.1, 0.15) is 5.58 Å². The second-order valence-electron chi connectivity index (χ2n) is 9.47. The van der Waals surface area contributed by atoms with E-state index in [0.717, 1.165) is 27.6 Å². The average Bonchev–Trinajstić information content (AvgIpc) is 3.68. The molecule has 0 saturated carbocycles. The molecule has 0 radical (unpaired) electrons. The first kappa shape index (κ1) is 20.4. The zero-order valence-electron chi connectivity index (χ0n) is 19.3. The van der Waals surface area contributed by atoms with E-state index in [1.54, 1.807) is 0 Å². The molecule has 8 aromatic rings. The summed E-state index contributed by atoms with van der Waals surface area (Å²) < 4.78 is 11.3. The van der Waals surface area contributed by atoms with E-state index < -0.39 is 0 Å². The summed E-state index contributed by atoms with van der Waals surface area (Å²) in [6.45, 7) is 0. The fourth-order valence-corrected chi connectivity index (χ4v) is 8.60. The summed E-state index contributed by atoms with van der Waals surface area (Å²) in [6.07, 6.45) is 0. The standard InChI is InChI=1S/C31H17ClN2OS2/c32-21-9-5-8-20-26-23(35-29(20)21)14-15-25-27(26)33-31(37-25)34-22-10-3-1-6-16(22)18-12-13-19-17-7-2-4-11-24(17)36-30(19)28(18)34/h1-15,31,33H. The molecule has 1 unspecified atom stereocenters. The molecule has 1 aliphatic heterocycles. The number of halogens is 1. The lowest BCUT2D eigenvalue weighted by atomic mass is 10.1. The number of fused-ring (bicyclic) bond motifs is 12. The molecule has 1 N–H and O–H groups in total. The van der Waals surface area contributed by atoms with Crippen molar-refractivity contribution in [3.8, 4) is 0 Å². The van der Waals surface area contributed by atoms with Gasteiger partial charge in [-0.15, -0.1) is 11.3 Å². The van der Waals surface area contributed by atoms with Crippen LogP contribution in [-0.2, 0) is 0 Å². The van der Waals surface area contributed by atoms with E-state index in [-0.39, 0.29) is 5.50 Å². The van der Waals surface area contributed by atoms with Crippen LogP contribution >= 0.6 is 34.7 Å². The predicted octanol–water partition coefficient (Wildman–Crippen LogP) is 10.4. The fraction of sp³-hybridized carbons (Fsp3) is 0.0323. The first-order chi connectivity index (χ1) is 18.3. The van der Waals surface area contributed by atoms with Crippen LogP contribution in [0.4, 0.5) is 5.69 Å². The Kier molecular flexibility index (Phi) is 3.99. The van der Waals surface area contributed by atoms with Crippen LogP contribution in [0.1, 0.15) is 5.50 Å². The minimum atomic E-state index is 0.00273. The van der Waals surface area contributed by atoms with Crippen molar-refractivity contribution in [3.05, 3.63) is 96.0 Å². The Morgan fingerprint density at radius 2 is 1.57 bits per heavy atom. The van der Waals surface area contributed by atoms with Crippen molar-refractivity contribution in [3.63, 3.8) is 0 Å². The second-order valence-corrected chi connectivity index (χ2v) is 12.1. The van der Waals surface area contributed by atoms with Crippen LogP contribution in [0.3, 0.4) is 0 Å². The number of aromatic nitrogens is 1. The van der Waals surface area contributed by atoms with Gasteiger partial charge in [0, 0.05) is 36.5 Å². The van der Waals surface area contributed by atoms with E-state index in [9.17, 15) is 0 Å². The first-order valence-electron chi connectivity index (χ1n) is 12.2. The largest absolute Gasteiger partial charge is 0.454 e. The normalized spacial score (nSPS) is 15.5. The average molecular weight is 533 g/mol. The molecular weight excluding hydrogens is 516 g/mol. The van der Waals surface area contributed by atoms with Crippen LogP contribution in [0.25, 0.3) is 63.9 Å². The predicted molar refractivity (Wildman–Crippen MR) is 160 cm³/mol. The summed E-state index contributed by atoms with van der Waals surface area (Å²) >= 11 is 10.2. The highest BCUT2D eigenvalue weighted by molar-refractivity contribution is 8.00. The van der Waals surface area contributed by atoms with Crippen molar-refractivity contribution in [1.82, 2.24) is 4.57 Å². The SMILES string of the molecule is Clc1cccc2c1oc1ccc3c(c12)NC(n1c2ccccc2c2ccc4c5ccccc5sc4c21)S3. The van der Waals surface area contributed by atoms with Gasteiger partial charge in [-0.3, -0.25) is 0 Å². The van der Waals surface area contributed by atoms with Gasteiger partial charge in [0.2, 0.25) is 0 Å². The molecule has 0 saturated heterocycles. The molecule has 1 aliphatic rings. The third-order valence-corrected chi connectivity index (χ3v) is 10.2. The minimum absolute atomic E-state index is 0.00273. The van der Waals surface area contributed by atoms with Gasteiger partial charge in [-0.2, -0.15) is 0 Å². The van der Waals surface area contributed by atoms with Gasteiger partial charge in [0.25, 0.3) is 0 Å². The van der Waals surface area contributed by atoms with Crippen molar-refractivity contribution in [2.75, 3.05) is 5.32 Å². The number of thiophene rings is 1. The van der Waals surface area contributed by atoms with Gasteiger partial charge in [0.05, 0.1) is 31.8 Å². The van der Waals surface area contributed by atoms with E-state index in [0.29, 0.717) is 5.02 Å². The molecular formula is C31H17ClN2OS2. The van der Waals surface area contributed by atoms with Crippen molar-refractivity contribution < 1.29 is 4.42 Å². The number of nitrogens with one attached hydrogen (secondary N) is 1. The van der Waals surface area contributed by atoms with Crippen molar-refractivity contribution in [2.24, 2.45) is 0 Å². The van der Waals surface area contributed by atoms with E-state index in [4.69, 9.17) is 16.0 Å². The summed E-state index contributed by atoms with van der Waals surface area (Å²) in [4.78, 5) is 1.22. The van der Waals surface area contributed by atoms with E-state index in [2.05, 4.69) is 88.7 Å². The molecule has 176 valence electrons. The Morgan fingerprint density at radius 3 is 2.51 bits per heavy atom. The van der Waals surface area contributed by atoms with Gasteiger partial charge in [-0.25, -0.2) is 0 Å². The maximum absolute atomic E-state index is 6.49. The molecule has 0 fully saturated rings. The molecule has 4 heterocycles. The zero-order chi connectivity index (χ0) is 24.2. The van der Waals surface area contributed by atoms with Crippen molar-refractivity contribution in [2.45, 2.75) is 10.4 Å². The monoisotopic (exact) mass is 532 g/mol. The summed E-state index contributed by atoms with van der Waals surface area (Å²) in [5.41, 5.74) is 5.23. The number of hydrogen-bond donors (Lipinski definition) is 1. The lowest BCUT2D eigenvalue weighted by Crippen LogP contribution is -2.10. The number of benzene rings is 5. The lowest BCUT2D eigenvalue weighted by molar-refractivity contribution is 0.669. The highest BCUT2D eigenvalue weighted by Crippen LogP contribution is 2.53. The molecule has 1 atom stereocenters. The lowest BCUT2D eigenvalue weighted by Gasteiger charge is -2.16. The quantitative estimate of drug-likeness (QED) is 0.228.